The van der Waals surface area contributed by atoms with Gasteiger partial charge in [0.1, 0.15) is 11.6 Å². The van der Waals surface area contributed by atoms with Crippen molar-refractivity contribution in [1.82, 2.24) is 10.1 Å². The van der Waals surface area contributed by atoms with Crippen LogP contribution in [-0.4, -0.2) is 29.1 Å². The van der Waals surface area contributed by atoms with Crippen molar-refractivity contribution in [3.8, 4) is 0 Å². The third kappa shape index (κ3) is 3.32. The standard InChI is InChI=1S/C20H23FN2O2/c21-16-10-8-14(9-11-16)15-5-3-4-12-23(13-15)20(24)19-17-6-1-2-7-18(17)25-22-19/h8-11,15H,1-7,12-13H2/t15-/m1/s1. The molecule has 1 saturated heterocycles. The Morgan fingerprint density at radius 3 is 2.76 bits per heavy atom. The summed E-state index contributed by atoms with van der Waals surface area (Å²) in [5, 5.41) is 4.10. The van der Waals surface area contributed by atoms with Crippen LogP contribution in [0.4, 0.5) is 4.39 Å². The van der Waals surface area contributed by atoms with Crippen molar-refractivity contribution in [3.63, 3.8) is 0 Å². The lowest BCUT2D eigenvalue weighted by Crippen LogP contribution is -2.35. The van der Waals surface area contributed by atoms with Crippen LogP contribution in [-0.2, 0) is 12.8 Å². The van der Waals surface area contributed by atoms with Crippen LogP contribution in [0.3, 0.4) is 0 Å². The molecular formula is C20H23FN2O2. The summed E-state index contributed by atoms with van der Waals surface area (Å²) in [6.07, 6.45) is 7.04. The maximum absolute atomic E-state index is 13.2. The summed E-state index contributed by atoms with van der Waals surface area (Å²) in [7, 11) is 0. The van der Waals surface area contributed by atoms with Gasteiger partial charge >= 0.3 is 0 Å². The first kappa shape index (κ1) is 16.3. The van der Waals surface area contributed by atoms with Crippen LogP contribution in [0.1, 0.15) is 65.4 Å². The molecule has 0 bridgehead atoms. The second-order valence-electron chi connectivity index (χ2n) is 7.14. The predicted molar refractivity (Wildman–Crippen MR) is 92.0 cm³/mol. The van der Waals surface area contributed by atoms with Crippen molar-refractivity contribution in [2.75, 3.05) is 13.1 Å². The number of carbonyl (C=O) groups excluding carboxylic acids is 1. The van der Waals surface area contributed by atoms with Gasteiger partial charge in [0.15, 0.2) is 5.69 Å². The lowest BCUT2D eigenvalue weighted by Gasteiger charge is -2.24. The van der Waals surface area contributed by atoms with E-state index in [1.165, 1.54) is 12.1 Å². The number of amides is 1. The van der Waals surface area contributed by atoms with Crippen molar-refractivity contribution in [3.05, 3.63) is 52.7 Å². The van der Waals surface area contributed by atoms with E-state index in [1.54, 1.807) is 0 Å². The smallest absolute Gasteiger partial charge is 0.276 e. The highest BCUT2D eigenvalue weighted by atomic mass is 19.1. The number of benzene rings is 1. The molecule has 1 aliphatic heterocycles. The van der Waals surface area contributed by atoms with Crippen molar-refractivity contribution in [2.24, 2.45) is 0 Å². The van der Waals surface area contributed by atoms with Crippen LogP contribution >= 0.6 is 0 Å². The van der Waals surface area contributed by atoms with Gasteiger partial charge in [-0.3, -0.25) is 4.79 Å². The molecule has 1 fully saturated rings. The molecule has 1 atom stereocenters. The number of likely N-dealkylation sites (tertiary alicyclic amines) is 1. The van der Waals surface area contributed by atoms with Gasteiger partial charge in [-0.2, -0.15) is 0 Å². The second-order valence-corrected chi connectivity index (χ2v) is 7.14. The molecule has 2 aliphatic rings. The van der Waals surface area contributed by atoms with Crippen LogP contribution < -0.4 is 0 Å². The van der Waals surface area contributed by atoms with Gasteiger partial charge in [-0.15, -0.1) is 0 Å². The first-order valence-corrected chi connectivity index (χ1v) is 9.24. The number of nitrogens with zero attached hydrogens (tertiary/aromatic N) is 2. The number of halogens is 1. The first-order chi connectivity index (χ1) is 12.2. The molecule has 1 aliphatic carbocycles. The average Bonchev–Trinajstić information content (AvgIpc) is 2.91. The Bertz CT molecular complexity index is 754. The van der Waals surface area contributed by atoms with Gasteiger partial charge in [0.2, 0.25) is 0 Å². The number of fused-ring (bicyclic) bond motifs is 1. The summed E-state index contributed by atoms with van der Waals surface area (Å²) < 4.78 is 18.6. The topological polar surface area (TPSA) is 46.3 Å². The Kier molecular flexibility index (Phi) is 4.55. The van der Waals surface area contributed by atoms with Crippen molar-refractivity contribution < 1.29 is 13.7 Å². The van der Waals surface area contributed by atoms with Crippen LogP contribution in [0.15, 0.2) is 28.8 Å². The fourth-order valence-corrected chi connectivity index (χ4v) is 4.04. The van der Waals surface area contributed by atoms with E-state index in [0.717, 1.165) is 68.4 Å². The molecule has 5 heteroatoms. The summed E-state index contributed by atoms with van der Waals surface area (Å²) in [6, 6.07) is 6.68. The van der Waals surface area contributed by atoms with Gasteiger partial charge in [0.05, 0.1) is 0 Å². The molecule has 0 radical (unpaired) electrons. The number of aromatic nitrogens is 1. The van der Waals surface area contributed by atoms with Gasteiger partial charge < -0.3 is 9.42 Å². The molecular weight excluding hydrogens is 319 g/mol. The first-order valence-electron chi connectivity index (χ1n) is 9.24. The van der Waals surface area contributed by atoms with Gasteiger partial charge in [-0.25, -0.2) is 4.39 Å². The summed E-state index contributed by atoms with van der Waals surface area (Å²) in [5.74, 6) is 0.898. The third-order valence-corrected chi connectivity index (χ3v) is 5.45. The summed E-state index contributed by atoms with van der Waals surface area (Å²) >= 11 is 0. The SMILES string of the molecule is O=C(c1noc2c1CCCC2)N1CCCC[C@@H](c2ccc(F)cc2)C1. The quantitative estimate of drug-likeness (QED) is 0.825. The predicted octanol–water partition coefficient (Wildman–Crippen LogP) is 4.10. The maximum atomic E-state index is 13.2. The number of rotatable bonds is 2. The Hall–Kier alpha value is -2.17. The highest BCUT2D eigenvalue weighted by Gasteiger charge is 2.30. The molecule has 0 saturated carbocycles. The summed E-state index contributed by atoms with van der Waals surface area (Å²) in [4.78, 5) is 15.0. The van der Waals surface area contributed by atoms with Crippen LogP contribution in [0, 0.1) is 5.82 Å². The molecule has 1 aromatic heterocycles. The highest BCUT2D eigenvalue weighted by Crippen LogP contribution is 2.29. The molecule has 2 aromatic rings. The summed E-state index contributed by atoms with van der Waals surface area (Å²) in [6.45, 7) is 1.41. The van der Waals surface area contributed by atoms with Crippen molar-refractivity contribution in [1.29, 1.82) is 0 Å². The van der Waals surface area contributed by atoms with E-state index in [-0.39, 0.29) is 17.6 Å². The highest BCUT2D eigenvalue weighted by molar-refractivity contribution is 5.94. The van der Waals surface area contributed by atoms with Crippen LogP contribution in [0.2, 0.25) is 0 Å². The van der Waals surface area contributed by atoms with E-state index in [4.69, 9.17) is 4.52 Å². The van der Waals surface area contributed by atoms with Gasteiger partial charge in [0, 0.05) is 31.0 Å². The average molecular weight is 342 g/mol. The van der Waals surface area contributed by atoms with Gasteiger partial charge in [0.25, 0.3) is 5.91 Å². The molecule has 1 aromatic carbocycles. The molecule has 2 heterocycles. The van der Waals surface area contributed by atoms with Crippen LogP contribution in [0.25, 0.3) is 0 Å². The molecule has 25 heavy (non-hydrogen) atoms. The van der Waals surface area contributed by atoms with Crippen molar-refractivity contribution >= 4 is 5.91 Å². The van der Waals surface area contributed by atoms with E-state index in [9.17, 15) is 9.18 Å². The maximum Gasteiger partial charge on any atom is 0.276 e. The molecule has 4 rings (SSSR count). The zero-order valence-corrected chi connectivity index (χ0v) is 14.3. The minimum atomic E-state index is -0.223. The number of hydrogen-bond acceptors (Lipinski definition) is 3. The Balaban J connectivity index is 1.55. The monoisotopic (exact) mass is 342 g/mol. The molecule has 0 unspecified atom stereocenters. The molecule has 4 nitrogen and oxygen atoms in total. The lowest BCUT2D eigenvalue weighted by molar-refractivity contribution is 0.0743. The minimum absolute atomic E-state index is 0.0130. The zero-order valence-electron chi connectivity index (χ0n) is 14.3. The molecule has 1 amide bonds. The molecule has 132 valence electrons. The Morgan fingerprint density at radius 1 is 1.12 bits per heavy atom. The fourth-order valence-electron chi connectivity index (χ4n) is 4.04. The van der Waals surface area contributed by atoms with E-state index in [1.807, 2.05) is 17.0 Å². The van der Waals surface area contributed by atoms with Gasteiger partial charge in [-0.05, 0) is 49.8 Å². The van der Waals surface area contributed by atoms with E-state index in [0.29, 0.717) is 12.2 Å². The molecule has 0 spiro atoms. The normalized spacial score (nSPS) is 20.8. The van der Waals surface area contributed by atoms with E-state index in [2.05, 4.69) is 5.16 Å². The number of aryl methyl sites for hydroxylation is 1. The Labute approximate surface area is 147 Å². The largest absolute Gasteiger partial charge is 0.360 e. The zero-order chi connectivity index (χ0) is 17.2. The van der Waals surface area contributed by atoms with Gasteiger partial charge in [-0.1, -0.05) is 23.7 Å². The van der Waals surface area contributed by atoms with Crippen molar-refractivity contribution in [2.45, 2.75) is 50.9 Å². The number of carbonyl (C=O) groups is 1. The Morgan fingerprint density at radius 2 is 1.92 bits per heavy atom. The second kappa shape index (κ2) is 6.98. The summed E-state index contributed by atoms with van der Waals surface area (Å²) in [5.41, 5.74) is 2.62. The third-order valence-electron chi connectivity index (χ3n) is 5.45. The lowest BCUT2D eigenvalue weighted by atomic mass is 9.94. The number of hydrogen-bond donors (Lipinski definition) is 0. The van der Waals surface area contributed by atoms with Crippen LogP contribution in [0.5, 0.6) is 0 Å². The van der Waals surface area contributed by atoms with E-state index >= 15 is 0 Å². The molecule has 0 N–H and O–H groups in total. The van der Waals surface area contributed by atoms with E-state index < -0.39 is 0 Å². The fraction of sp³-hybridized carbons (Fsp3) is 0.500. The minimum Gasteiger partial charge on any atom is -0.360 e.